The lowest BCUT2D eigenvalue weighted by Crippen LogP contribution is -2.13. The van der Waals surface area contributed by atoms with Crippen molar-refractivity contribution in [1.82, 2.24) is 4.98 Å². The molecule has 0 aliphatic carbocycles. The van der Waals surface area contributed by atoms with Gasteiger partial charge in [0.2, 0.25) is 0 Å². The van der Waals surface area contributed by atoms with Crippen molar-refractivity contribution < 1.29 is 8.42 Å². The number of sulfonamides is 1. The van der Waals surface area contributed by atoms with Crippen LogP contribution in [0.3, 0.4) is 0 Å². The van der Waals surface area contributed by atoms with Gasteiger partial charge in [0.1, 0.15) is 9.50 Å². The molecule has 94 valence electrons. The molecule has 18 heavy (non-hydrogen) atoms. The molecule has 0 aliphatic rings. The van der Waals surface area contributed by atoms with Gasteiger partial charge in [-0.2, -0.15) is 0 Å². The summed E-state index contributed by atoms with van der Waals surface area (Å²) in [7, 11) is -3.61. The number of rotatable bonds is 3. The third-order valence-electron chi connectivity index (χ3n) is 2.11. The van der Waals surface area contributed by atoms with Crippen LogP contribution in [0.5, 0.6) is 0 Å². The van der Waals surface area contributed by atoms with Gasteiger partial charge < -0.3 is 0 Å². The van der Waals surface area contributed by atoms with Crippen LogP contribution in [0.4, 0.5) is 5.69 Å². The van der Waals surface area contributed by atoms with E-state index in [1.807, 2.05) is 0 Å². The predicted octanol–water partition coefficient (Wildman–Crippen LogP) is 3.41. The van der Waals surface area contributed by atoms with E-state index >= 15 is 0 Å². The molecule has 0 saturated heterocycles. The molecule has 2 aromatic rings. The van der Waals surface area contributed by atoms with E-state index < -0.39 is 10.0 Å². The zero-order valence-electron chi connectivity index (χ0n) is 8.97. The lowest BCUT2D eigenvalue weighted by molar-refractivity contribution is 0.600. The average Bonchev–Trinajstić information content (AvgIpc) is 2.32. The number of pyridine rings is 1. The molecule has 4 nitrogen and oxygen atoms in total. The second-order valence-corrected chi connectivity index (χ2v) is 6.72. The summed E-state index contributed by atoms with van der Waals surface area (Å²) >= 11 is 6.40. The third kappa shape index (κ3) is 3.09. The van der Waals surface area contributed by atoms with E-state index in [9.17, 15) is 8.42 Å². The zero-order chi connectivity index (χ0) is 13.2. The Morgan fingerprint density at radius 1 is 1.06 bits per heavy atom. The Morgan fingerprint density at radius 3 is 2.39 bits per heavy atom. The van der Waals surface area contributed by atoms with Crippen LogP contribution in [0.15, 0.2) is 56.6 Å². The van der Waals surface area contributed by atoms with Gasteiger partial charge in [-0.3, -0.25) is 4.72 Å². The van der Waals surface area contributed by atoms with Gasteiger partial charge in [0, 0.05) is 4.47 Å². The maximum atomic E-state index is 12.1. The maximum absolute atomic E-state index is 12.1. The number of benzene rings is 1. The van der Waals surface area contributed by atoms with Gasteiger partial charge in [-0.25, -0.2) is 13.4 Å². The molecule has 0 saturated carbocycles. The Balaban J connectivity index is 2.33. The average molecular weight is 392 g/mol. The van der Waals surface area contributed by atoms with Gasteiger partial charge in [0.25, 0.3) is 10.0 Å². The summed E-state index contributed by atoms with van der Waals surface area (Å²) in [6.07, 6.45) is 1.44. The Hall–Kier alpha value is -0.920. The van der Waals surface area contributed by atoms with Crippen molar-refractivity contribution in [1.29, 1.82) is 0 Å². The van der Waals surface area contributed by atoms with Crippen LogP contribution in [0.1, 0.15) is 0 Å². The normalized spacial score (nSPS) is 11.2. The maximum Gasteiger partial charge on any atom is 0.263 e. The van der Waals surface area contributed by atoms with Crippen LogP contribution in [-0.4, -0.2) is 13.4 Å². The zero-order valence-corrected chi connectivity index (χ0v) is 13.0. The molecule has 0 spiro atoms. The number of hydrogen-bond acceptors (Lipinski definition) is 3. The van der Waals surface area contributed by atoms with E-state index in [0.29, 0.717) is 14.8 Å². The van der Waals surface area contributed by atoms with Crippen LogP contribution >= 0.6 is 31.9 Å². The Kier molecular flexibility index (Phi) is 4.04. The van der Waals surface area contributed by atoms with Gasteiger partial charge in [-0.05, 0) is 56.1 Å². The first-order valence-corrected chi connectivity index (χ1v) is 7.95. The quantitative estimate of drug-likeness (QED) is 0.815. The summed E-state index contributed by atoms with van der Waals surface area (Å²) in [6.45, 7) is 0. The summed E-state index contributed by atoms with van der Waals surface area (Å²) in [5.41, 5.74) is 0.411. The molecular formula is C11H8Br2N2O2S. The van der Waals surface area contributed by atoms with Gasteiger partial charge in [0.05, 0.1) is 11.9 Å². The highest BCUT2D eigenvalue weighted by Crippen LogP contribution is 2.23. The molecular weight excluding hydrogens is 384 g/mol. The highest BCUT2D eigenvalue weighted by molar-refractivity contribution is 9.10. The number of nitrogens with zero attached hydrogens (tertiary/aromatic N) is 1. The number of anilines is 1. The van der Waals surface area contributed by atoms with Crippen molar-refractivity contribution in [2.75, 3.05) is 4.72 Å². The van der Waals surface area contributed by atoms with Crippen LogP contribution in [0.25, 0.3) is 0 Å². The lowest BCUT2D eigenvalue weighted by Gasteiger charge is -2.09. The lowest BCUT2D eigenvalue weighted by atomic mass is 10.4. The second kappa shape index (κ2) is 5.38. The molecule has 0 unspecified atom stereocenters. The summed E-state index contributed by atoms with van der Waals surface area (Å²) < 4.78 is 27.9. The molecule has 1 aromatic carbocycles. The Labute approximate surface area is 122 Å². The number of halogens is 2. The van der Waals surface area contributed by atoms with Crippen molar-refractivity contribution in [3.8, 4) is 0 Å². The van der Waals surface area contributed by atoms with Crippen LogP contribution in [0.2, 0.25) is 0 Å². The molecule has 1 aromatic heterocycles. The summed E-state index contributed by atoms with van der Waals surface area (Å²) in [4.78, 5) is 4.15. The summed E-state index contributed by atoms with van der Waals surface area (Å²) in [5.74, 6) is 0. The van der Waals surface area contributed by atoms with Crippen LogP contribution < -0.4 is 4.72 Å². The fraction of sp³-hybridized carbons (Fsp3) is 0. The van der Waals surface area contributed by atoms with Crippen LogP contribution in [0, 0.1) is 0 Å². The second-order valence-electron chi connectivity index (χ2n) is 3.41. The first-order valence-electron chi connectivity index (χ1n) is 4.88. The van der Waals surface area contributed by atoms with E-state index in [1.54, 1.807) is 30.3 Å². The van der Waals surface area contributed by atoms with Gasteiger partial charge in [0.15, 0.2) is 0 Å². The van der Waals surface area contributed by atoms with Gasteiger partial charge >= 0.3 is 0 Å². The van der Waals surface area contributed by atoms with E-state index in [0.717, 1.165) is 0 Å². The van der Waals surface area contributed by atoms with Gasteiger partial charge in [-0.1, -0.05) is 12.1 Å². The topological polar surface area (TPSA) is 59.1 Å². The fourth-order valence-electron chi connectivity index (χ4n) is 1.31. The van der Waals surface area contributed by atoms with Crippen molar-refractivity contribution >= 4 is 47.6 Å². The first kappa shape index (κ1) is 13.5. The van der Waals surface area contributed by atoms with Crippen molar-refractivity contribution in [3.63, 3.8) is 0 Å². The molecule has 0 fully saturated rings. The van der Waals surface area contributed by atoms with Gasteiger partial charge in [-0.15, -0.1) is 0 Å². The minimum atomic E-state index is -3.61. The molecule has 1 N–H and O–H groups in total. The van der Waals surface area contributed by atoms with E-state index in [-0.39, 0.29) is 4.90 Å². The van der Waals surface area contributed by atoms with E-state index in [2.05, 4.69) is 41.6 Å². The number of nitrogens with one attached hydrogen (secondary N) is 1. The molecule has 1 heterocycles. The van der Waals surface area contributed by atoms with E-state index in [1.165, 1.54) is 12.3 Å². The number of hydrogen-bond donors (Lipinski definition) is 1. The Bertz CT molecular complexity index is 657. The minimum absolute atomic E-state index is 0.188. The molecule has 0 atom stereocenters. The molecule has 0 bridgehead atoms. The van der Waals surface area contributed by atoms with Crippen molar-refractivity contribution in [2.45, 2.75) is 4.90 Å². The SMILES string of the molecule is O=S(=O)(Nc1ccc(Br)nc1)c1ccccc1Br. The van der Waals surface area contributed by atoms with Crippen molar-refractivity contribution in [3.05, 3.63) is 51.7 Å². The third-order valence-corrected chi connectivity index (χ3v) is 4.97. The molecule has 2 rings (SSSR count). The Morgan fingerprint density at radius 2 is 1.78 bits per heavy atom. The van der Waals surface area contributed by atoms with Crippen LogP contribution in [-0.2, 0) is 10.0 Å². The summed E-state index contributed by atoms with van der Waals surface area (Å²) in [5, 5.41) is 0. The number of aromatic nitrogens is 1. The monoisotopic (exact) mass is 390 g/mol. The fourth-order valence-corrected chi connectivity index (χ4v) is 3.59. The first-order chi connectivity index (χ1) is 8.49. The van der Waals surface area contributed by atoms with E-state index in [4.69, 9.17) is 0 Å². The molecule has 0 radical (unpaired) electrons. The predicted molar refractivity (Wildman–Crippen MR) is 76.9 cm³/mol. The molecule has 0 aliphatic heterocycles. The minimum Gasteiger partial charge on any atom is -0.278 e. The molecule has 0 amide bonds. The highest BCUT2D eigenvalue weighted by Gasteiger charge is 2.17. The standard InChI is InChI=1S/C11H8Br2N2O2S/c12-9-3-1-2-4-10(9)18(16,17)15-8-5-6-11(13)14-7-8/h1-7,15H. The van der Waals surface area contributed by atoms with Crippen molar-refractivity contribution in [2.24, 2.45) is 0 Å². The molecule has 7 heteroatoms. The smallest absolute Gasteiger partial charge is 0.263 e. The highest BCUT2D eigenvalue weighted by atomic mass is 79.9. The summed E-state index contributed by atoms with van der Waals surface area (Å²) in [6, 6.07) is 9.92. The largest absolute Gasteiger partial charge is 0.278 e.